The zero-order chi connectivity index (χ0) is 20.0. The lowest BCUT2D eigenvalue weighted by atomic mass is 9.48. The molecule has 4 saturated carbocycles. The van der Waals surface area contributed by atoms with Gasteiger partial charge >= 0.3 is 5.97 Å². The minimum atomic E-state index is -0.562. The number of para-hydroxylation sites is 1. The first-order chi connectivity index (χ1) is 14.0. The van der Waals surface area contributed by atoms with Gasteiger partial charge in [-0.05, 0) is 80.8 Å². The van der Waals surface area contributed by atoms with Crippen molar-refractivity contribution in [3.05, 3.63) is 42.1 Å². The quantitative estimate of drug-likeness (QED) is 0.778. The largest absolute Gasteiger partial charge is 0.451 e. The summed E-state index contributed by atoms with van der Waals surface area (Å²) in [6, 6.07) is 11.2. The number of hydrogen-bond donors (Lipinski definition) is 1. The van der Waals surface area contributed by atoms with Crippen molar-refractivity contribution in [1.29, 1.82) is 0 Å². The van der Waals surface area contributed by atoms with Gasteiger partial charge in [-0.2, -0.15) is 0 Å². The summed E-state index contributed by atoms with van der Waals surface area (Å²) in [5.41, 5.74) is 1.21. The first kappa shape index (κ1) is 18.6. The minimum absolute atomic E-state index is 0.126. The number of fused-ring (bicyclic) bond motifs is 1. The van der Waals surface area contributed by atoms with E-state index in [0.717, 1.165) is 28.7 Å². The molecule has 1 aromatic carbocycles. The van der Waals surface area contributed by atoms with Crippen LogP contribution in [0.2, 0.25) is 0 Å². The van der Waals surface area contributed by atoms with Crippen LogP contribution < -0.4 is 5.32 Å². The second-order valence-corrected chi connectivity index (χ2v) is 9.53. The van der Waals surface area contributed by atoms with Gasteiger partial charge in [-0.25, -0.2) is 9.78 Å². The molecule has 1 atom stereocenters. The molecule has 29 heavy (non-hydrogen) atoms. The molecule has 1 aromatic heterocycles. The molecule has 1 heterocycles. The average Bonchev–Trinajstić information content (AvgIpc) is 2.70. The molecule has 5 heteroatoms. The fraction of sp³-hybridized carbons (Fsp3) is 0.542. The number of ether oxygens (including phenoxy) is 1. The Balaban J connectivity index is 1.18. The highest BCUT2D eigenvalue weighted by Crippen LogP contribution is 2.61. The predicted octanol–water partition coefficient (Wildman–Crippen LogP) is 4.11. The van der Waals surface area contributed by atoms with Crippen LogP contribution in [0.4, 0.5) is 0 Å². The zero-order valence-corrected chi connectivity index (χ0v) is 16.9. The molecule has 5 nitrogen and oxygen atoms in total. The van der Waals surface area contributed by atoms with E-state index in [-0.39, 0.29) is 29.7 Å². The third-order valence-electron chi connectivity index (χ3n) is 7.52. The number of carbonyl (C=O) groups excluding carboxylic acids is 2. The molecule has 1 N–H and O–H groups in total. The molecule has 0 radical (unpaired) electrons. The summed E-state index contributed by atoms with van der Waals surface area (Å²) in [5, 5.41) is 4.10. The van der Waals surface area contributed by atoms with Gasteiger partial charge in [0, 0.05) is 11.4 Å². The molecule has 4 aliphatic rings. The molecule has 152 valence electrons. The fourth-order valence-corrected chi connectivity index (χ4v) is 6.53. The lowest BCUT2D eigenvalue weighted by Gasteiger charge is -2.59. The first-order valence-corrected chi connectivity index (χ1v) is 10.8. The maximum atomic E-state index is 12.5. The Kier molecular flexibility index (Phi) is 4.56. The van der Waals surface area contributed by atoms with Crippen molar-refractivity contribution in [3.63, 3.8) is 0 Å². The molecule has 4 fully saturated rings. The molecule has 6 rings (SSSR count). The minimum Gasteiger partial charge on any atom is -0.451 e. The lowest BCUT2D eigenvalue weighted by Crippen LogP contribution is -2.56. The maximum Gasteiger partial charge on any atom is 0.357 e. The van der Waals surface area contributed by atoms with Crippen molar-refractivity contribution < 1.29 is 14.3 Å². The summed E-state index contributed by atoms with van der Waals surface area (Å²) < 4.78 is 5.25. The lowest BCUT2D eigenvalue weighted by molar-refractivity contribution is -0.128. The summed E-state index contributed by atoms with van der Waals surface area (Å²) in [7, 11) is 0. The van der Waals surface area contributed by atoms with Crippen LogP contribution in [-0.4, -0.2) is 29.5 Å². The van der Waals surface area contributed by atoms with Crippen LogP contribution in [0.1, 0.15) is 55.9 Å². The summed E-state index contributed by atoms with van der Waals surface area (Å²) in [6.07, 6.45) is 7.87. The van der Waals surface area contributed by atoms with Crippen LogP contribution in [-0.2, 0) is 9.53 Å². The zero-order valence-electron chi connectivity index (χ0n) is 16.9. The molecular formula is C24H28N2O3. The van der Waals surface area contributed by atoms with E-state index in [4.69, 9.17) is 4.74 Å². The number of nitrogens with one attached hydrogen (secondary N) is 1. The Morgan fingerprint density at radius 2 is 1.72 bits per heavy atom. The van der Waals surface area contributed by atoms with E-state index in [0.29, 0.717) is 0 Å². The van der Waals surface area contributed by atoms with E-state index in [1.165, 1.54) is 38.5 Å². The van der Waals surface area contributed by atoms with Gasteiger partial charge in [0.1, 0.15) is 5.69 Å². The van der Waals surface area contributed by atoms with Crippen molar-refractivity contribution in [1.82, 2.24) is 10.3 Å². The first-order valence-electron chi connectivity index (χ1n) is 10.8. The summed E-state index contributed by atoms with van der Waals surface area (Å²) in [4.78, 5) is 29.2. The SMILES string of the molecule is C[C@@H](NC(=O)COC(=O)c1ccc2ccccc2n1)C12CC3CC(CC(C3)C1)C2. The Bertz CT molecular complexity index is 919. The second-order valence-electron chi connectivity index (χ2n) is 9.53. The van der Waals surface area contributed by atoms with Crippen molar-refractivity contribution in [3.8, 4) is 0 Å². The van der Waals surface area contributed by atoms with E-state index in [1.807, 2.05) is 30.3 Å². The molecule has 0 saturated heterocycles. The Hall–Kier alpha value is -2.43. The van der Waals surface area contributed by atoms with E-state index >= 15 is 0 Å². The molecule has 2 aromatic rings. The number of benzene rings is 1. The molecule has 4 bridgehead atoms. The van der Waals surface area contributed by atoms with Crippen LogP contribution >= 0.6 is 0 Å². The number of hydrogen-bond acceptors (Lipinski definition) is 4. The smallest absolute Gasteiger partial charge is 0.357 e. The summed E-state index contributed by atoms with van der Waals surface area (Å²) >= 11 is 0. The van der Waals surface area contributed by atoms with Gasteiger partial charge in [0.05, 0.1) is 5.52 Å². The van der Waals surface area contributed by atoms with Crippen molar-refractivity contribution >= 4 is 22.8 Å². The Morgan fingerprint density at radius 1 is 1.07 bits per heavy atom. The van der Waals surface area contributed by atoms with Crippen molar-refractivity contribution in [2.24, 2.45) is 23.2 Å². The average molecular weight is 392 g/mol. The predicted molar refractivity (Wildman–Crippen MR) is 110 cm³/mol. The van der Waals surface area contributed by atoms with Crippen LogP contribution in [0.15, 0.2) is 36.4 Å². The highest BCUT2D eigenvalue weighted by Gasteiger charge is 2.53. The van der Waals surface area contributed by atoms with E-state index in [2.05, 4.69) is 17.2 Å². The highest BCUT2D eigenvalue weighted by atomic mass is 16.5. The third kappa shape index (κ3) is 3.52. The standard InChI is InChI=1S/C24H28N2O3/c1-15(24-11-16-8-17(12-24)10-18(9-16)13-24)25-22(27)14-29-23(28)21-7-6-19-4-2-3-5-20(19)26-21/h2-7,15-18H,8-14H2,1H3,(H,25,27)/t15-,16?,17?,18?,24?/m1/s1. The van der Waals surface area contributed by atoms with Gasteiger partial charge < -0.3 is 10.1 Å². The van der Waals surface area contributed by atoms with Gasteiger partial charge in [0.2, 0.25) is 0 Å². The molecule has 0 unspecified atom stereocenters. The van der Waals surface area contributed by atoms with Crippen molar-refractivity contribution in [2.75, 3.05) is 6.61 Å². The van der Waals surface area contributed by atoms with E-state index < -0.39 is 5.97 Å². The molecule has 4 aliphatic carbocycles. The van der Waals surface area contributed by atoms with Crippen LogP contribution in [0.25, 0.3) is 10.9 Å². The Labute approximate surface area is 171 Å². The number of pyridine rings is 1. The number of amides is 1. The van der Waals surface area contributed by atoms with Crippen LogP contribution in [0.5, 0.6) is 0 Å². The number of esters is 1. The summed E-state index contributed by atoms with van der Waals surface area (Å²) in [5.74, 6) is 1.75. The normalized spacial score (nSPS) is 30.9. The summed E-state index contributed by atoms with van der Waals surface area (Å²) in [6.45, 7) is 1.88. The number of rotatable bonds is 5. The van der Waals surface area contributed by atoms with E-state index in [9.17, 15) is 9.59 Å². The number of nitrogens with zero attached hydrogens (tertiary/aromatic N) is 1. The topological polar surface area (TPSA) is 68.3 Å². The van der Waals surface area contributed by atoms with Crippen LogP contribution in [0, 0.1) is 23.2 Å². The highest BCUT2D eigenvalue weighted by molar-refractivity contribution is 5.92. The Morgan fingerprint density at radius 3 is 2.41 bits per heavy atom. The van der Waals surface area contributed by atoms with Crippen LogP contribution in [0.3, 0.4) is 0 Å². The van der Waals surface area contributed by atoms with Gasteiger partial charge in [-0.3, -0.25) is 4.79 Å². The van der Waals surface area contributed by atoms with Gasteiger partial charge in [0.15, 0.2) is 6.61 Å². The van der Waals surface area contributed by atoms with Gasteiger partial charge in [0.25, 0.3) is 5.91 Å². The fourth-order valence-electron chi connectivity index (χ4n) is 6.53. The maximum absolute atomic E-state index is 12.5. The molecule has 0 spiro atoms. The van der Waals surface area contributed by atoms with E-state index in [1.54, 1.807) is 6.07 Å². The second kappa shape index (κ2) is 7.12. The monoisotopic (exact) mass is 392 g/mol. The third-order valence-corrected chi connectivity index (χ3v) is 7.52. The number of aromatic nitrogens is 1. The molecular weight excluding hydrogens is 364 g/mol. The molecule has 0 aliphatic heterocycles. The van der Waals surface area contributed by atoms with Gasteiger partial charge in [-0.1, -0.05) is 24.3 Å². The number of carbonyl (C=O) groups is 2. The molecule has 1 amide bonds. The van der Waals surface area contributed by atoms with Gasteiger partial charge in [-0.15, -0.1) is 0 Å². The van der Waals surface area contributed by atoms with Crippen molar-refractivity contribution in [2.45, 2.75) is 51.5 Å².